The summed E-state index contributed by atoms with van der Waals surface area (Å²) < 4.78 is 5.39. The van der Waals surface area contributed by atoms with Crippen LogP contribution in [0.3, 0.4) is 0 Å². The molecule has 90 valence electrons. The Morgan fingerprint density at radius 3 is 2.40 bits per heavy atom. The molecule has 0 radical (unpaired) electrons. The Hall–Kier alpha value is -0.120. The largest absolute Gasteiger partial charge is 0.381 e. The monoisotopic (exact) mass is 214 g/mol. The van der Waals surface area contributed by atoms with Gasteiger partial charge in [0.2, 0.25) is 0 Å². The molecule has 0 amide bonds. The molecule has 0 aliphatic carbocycles. The van der Waals surface area contributed by atoms with Crippen molar-refractivity contribution in [2.45, 2.75) is 38.8 Å². The van der Waals surface area contributed by atoms with Crippen LogP contribution in [0.1, 0.15) is 26.7 Å². The zero-order chi connectivity index (χ0) is 11.3. The van der Waals surface area contributed by atoms with Gasteiger partial charge in [-0.1, -0.05) is 13.8 Å². The van der Waals surface area contributed by atoms with Gasteiger partial charge in [-0.15, -0.1) is 0 Å². The average Bonchev–Trinajstić information content (AvgIpc) is 2.26. The Morgan fingerprint density at radius 2 is 1.93 bits per heavy atom. The first-order chi connectivity index (χ1) is 7.15. The van der Waals surface area contributed by atoms with Crippen molar-refractivity contribution in [2.75, 3.05) is 33.9 Å². The van der Waals surface area contributed by atoms with Crippen molar-refractivity contribution < 1.29 is 4.74 Å². The predicted molar refractivity (Wildman–Crippen MR) is 64.2 cm³/mol. The summed E-state index contributed by atoms with van der Waals surface area (Å²) in [5, 5.41) is 3.40. The summed E-state index contributed by atoms with van der Waals surface area (Å²) in [4.78, 5) is 2.49. The minimum Gasteiger partial charge on any atom is -0.381 e. The molecule has 3 nitrogen and oxygen atoms in total. The van der Waals surface area contributed by atoms with E-state index < -0.39 is 0 Å². The molecule has 1 aliphatic rings. The summed E-state index contributed by atoms with van der Waals surface area (Å²) >= 11 is 0. The Kier molecular flexibility index (Phi) is 5.58. The lowest BCUT2D eigenvalue weighted by Crippen LogP contribution is -2.46. The van der Waals surface area contributed by atoms with E-state index >= 15 is 0 Å². The fourth-order valence-corrected chi connectivity index (χ4v) is 2.22. The molecule has 0 aromatic rings. The molecule has 1 heterocycles. The van der Waals surface area contributed by atoms with Crippen LogP contribution < -0.4 is 5.32 Å². The first-order valence-corrected chi connectivity index (χ1v) is 6.10. The van der Waals surface area contributed by atoms with E-state index in [9.17, 15) is 0 Å². The smallest absolute Gasteiger partial charge is 0.0480 e. The Bertz CT molecular complexity index is 167. The quantitative estimate of drug-likeness (QED) is 0.747. The molecular formula is C12H26N2O. The normalized spacial score (nSPS) is 21.2. The zero-order valence-corrected chi connectivity index (χ0v) is 10.6. The van der Waals surface area contributed by atoms with E-state index in [1.54, 1.807) is 0 Å². The third-order valence-corrected chi connectivity index (χ3v) is 3.47. The van der Waals surface area contributed by atoms with Gasteiger partial charge in [0.1, 0.15) is 0 Å². The number of likely N-dealkylation sites (N-methyl/N-ethyl adjacent to an activating group) is 2. The van der Waals surface area contributed by atoms with Crippen molar-refractivity contribution in [3.8, 4) is 0 Å². The number of nitrogens with one attached hydrogen (secondary N) is 1. The van der Waals surface area contributed by atoms with Crippen LogP contribution in [0.2, 0.25) is 0 Å². The zero-order valence-electron chi connectivity index (χ0n) is 10.6. The van der Waals surface area contributed by atoms with Gasteiger partial charge in [-0.25, -0.2) is 0 Å². The van der Waals surface area contributed by atoms with Gasteiger partial charge in [0.25, 0.3) is 0 Å². The molecule has 1 aliphatic heterocycles. The molecule has 1 unspecified atom stereocenters. The van der Waals surface area contributed by atoms with Crippen LogP contribution in [0.5, 0.6) is 0 Å². The van der Waals surface area contributed by atoms with Gasteiger partial charge in [0.05, 0.1) is 0 Å². The minimum absolute atomic E-state index is 0.595. The number of nitrogens with zero attached hydrogens (tertiary/aromatic N) is 1. The SMILES string of the molecule is CNC(CN(C)C1CCOCC1)C(C)C. The highest BCUT2D eigenvalue weighted by Gasteiger charge is 2.21. The van der Waals surface area contributed by atoms with E-state index in [2.05, 4.69) is 38.2 Å². The highest BCUT2D eigenvalue weighted by molar-refractivity contribution is 4.78. The van der Waals surface area contributed by atoms with Gasteiger partial charge in [-0.3, -0.25) is 0 Å². The molecular weight excluding hydrogens is 188 g/mol. The lowest BCUT2D eigenvalue weighted by atomic mass is 10.0. The van der Waals surface area contributed by atoms with Crippen molar-refractivity contribution >= 4 is 0 Å². The summed E-state index contributed by atoms with van der Waals surface area (Å²) in [5.41, 5.74) is 0. The Morgan fingerprint density at radius 1 is 1.33 bits per heavy atom. The maximum atomic E-state index is 5.39. The van der Waals surface area contributed by atoms with E-state index in [0.717, 1.165) is 19.8 Å². The molecule has 1 fully saturated rings. The van der Waals surface area contributed by atoms with Crippen LogP contribution in [0.15, 0.2) is 0 Å². The van der Waals surface area contributed by atoms with Gasteiger partial charge in [-0.2, -0.15) is 0 Å². The van der Waals surface area contributed by atoms with Crippen LogP contribution >= 0.6 is 0 Å². The summed E-state index contributed by atoms with van der Waals surface area (Å²) in [6.07, 6.45) is 2.37. The summed E-state index contributed by atoms with van der Waals surface area (Å²) in [6, 6.07) is 1.31. The second-order valence-electron chi connectivity index (χ2n) is 4.92. The summed E-state index contributed by atoms with van der Waals surface area (Å²) in [7, 11) is 4.30. The number of hydrogen-bond donors (Lipinski definition) is 1. The van der Waals surface area contributed by atoms with Crippen molar-refractivity contribution in [1.29, 1.82) is 0 Å². The minimum atomic E-state index is 0.595. The van der Waals surface area contributed by atoms with Crippen molar-refractivity contribution in [1.82, 2.24) is 10.2 Å². The Labute approximate surface area is 94.2 Å². The van der Waals surface area contributed by atoms with Gasteiger partial charge >= 0.3 is 0 Å². The standard InChI is InChI=1S/C12H26N2O/c1-10(2)12(13-3)9-14(4)11-5-7-15-8-6-11/h10-13H,5-9H2,1-4H3. The fourth-order valence-electron chi connectivity index (χ4n) is 2.22. The van der Waals surface area contributed by atoms with Crippen LogP contribution in [0.4, 0.5) is 0 Å². The summed E-state index contributed by atoms with van der Waals surface area (Å²) in [6.45, 7) is 7.55. The first-order valence-electron chi connectivity index (χ1n) is 6.10. The highest BCUT2D eigenvalue weighted by atomic mass is 16.5. The van der Waals surface area contributed by atoms with Gasteiger partial charge in [0.15, 0.2) is 0 Å². The van der Waals surface area contributed by atoms with E-state index in [-0.39, 0.29) is 0 Å². The number of hydrogen-bond acceptors (Lipinski definition) is 3. The van der Waals surface area contributed by atoms with Crippen molar-refractivity contribution in [3.05, 3.63) is 0 Å². The molecule has 1 N–H and O–H groups in total. The second-order valence-corrected chi connectivity index (χ2v) is 4.92. The summed E-state index contributed by atoms with van der Waals surface area (Å²) in [5.74, 6) is 0.692. The van der Waals surface area contributed by atoms with E-state index in [1.807, 2.05) is 0 Å². The lowest BCUT2D eigenvalue weighted by molar-refractivity contribution is 0.0388. The average molecular weight is 214 g/mol. The third-order valence-electron chi connectivity index (χ3n) is 3.47. The first kappa shape index (κ1) is 12.9. The van der Waals surface area contributed by atoms with Crippen LogP contribution in [-0.2, 0) is 4.74 Å². The maximum absolute atomic E-state index is 5.39. The molecule has 1 saturated heterocycles. The molecule has 1 rings (SSSR count). The Balaban J connectivity index is 2.34. The molecule has 0 bridgehead atoms. The topological polar surface area (TPSA) is 24.5 Å². The molecule has 15 heavy (non-hydrogen) atoms. The molecule has 1 atom stereocenters. The van der Waals surface area contributed by atoms with Gasteiger partial charge < -0.3 is 15.0 Å². The fraction of sp³-hybridized carbons (Fsp3) is 1.00. The lowest BCUT2D eigenvalue weighted by Gasteiger charge is -2.34. The molecule has 0 aromatic carbocycles. The number of ether oxygens (including phenoxy) is 1. The third kappa shape index (κ3) is 4.09. The predicted octanol–water partition coefficient (Wildman–Crippen LogP) is 1.34. The molecule has 0 saturated carbocycles. The molecule has 0 spiro atoms. The second kappa shape index (κ2) is 6.46. The number of rotatable bonds is 5. The molecule has 3 heteroatoms. The van der Waals surface area contributed by atoms with Gasteiger partial charge in [-0.05, 0) is 32.9 Å². The van der Waals surface area contributed by atoms with Gasteiger partial charge in [0, 0.05) is 31.8 Å². The van der Waals surface area contributed by atoms with Crippen LogP contribution in [0, 0.1) is 5.92 Å². The van der Waals surface area contributed by atoms with Crippen LogP contribution in [-0.4, -0.2) is 50.8 Å². The van der Waals surface area contributed by atoms with Crippen molar-refractivity contribution in [2.24, 2.45) is 5.92 Å². The van der Waals surface area contributed by atoms with E-state index in [0.29, 0.717) is 18.0 Å². The maximum Gasteiger partial charge on any atom is 0.0480 e. The van der Waals surface area contributed by atoms with Crippen molar-refractivity contribution in [3.63, 3.8) is 0 Å². The van der Waals surface area contributed by atoms with E-state index in [1.165, 1.54) is 12.8 Å². The highest BCUT2D eigenvalue weighted by Crippen LogP contribution is 2.14. The van der Waals surface area contributed by atoms with E-state index in [4.69, 9.17) is 4.74 Å². The molecule has 0 aromatic heterocycles. The van der Waals surface area contributed by atoms with Crippen LogP contribution in [0.25, 0.3) is 0 Å².